The summed E-state index contributed by atoms with van der Waals surface area (Å²) in [5.41, 5.74) is 13.8. The molecule has 0 spiro atoms. The third-order valence-electron chi connectivity index (χ3n) is 9.43. The van der Waals surface area contributed by atoms with Gasteiger partial charge in [0.05, 0.1) is 5.52 Å². The largest absolute Gasteiger partial charge is 0.455 e. The summed E-state index contributed by atoms with van der Waals surface area (Å²) in [6.07, 6.45) is 0. The summed E-state index contributed by atoms with van der Waals surface area (Å²) in [5.74, 6) is 0. The molecule has 0 aliphatic heterocycles. The molecule has 220 valence electrons. The van der Waals surface area contributed by atoms with E-state index in [0.29, 0.717) is 0 Å². The zero-order chi connectivity index (χ0) is 30.9. The number of nitrogens with zero attached hydrogens (tertiary/aromatic N) is 1. The Morgan fingerprint density at radius 1 is 0.383 bits per heavy atom. The van der Waals surface area contributed by atoms with Crippen molar-refractivity contribution in [1.29, 1.82) is 0 Å². The second-order valence-electron chi connectivity index (χ2n) is 12.1. The van der Waals surface area contributed by atoms with Crippen LogP contribution in [0.5, 0.6) is 0 Å². The van der Waals surface area contributed by atoms with Gasteiger partial charge in [0.15, 0.2) is 5.58 Å². The Bertz CT molecular complexity index is 2780. The van der Waals surface area contributed by atoms with E-state index in [0.717, 1.165) is 94.0 Å². The molecule has 0 radical (unpaired) electrons. The zero-order valence-corrected chi connectivity index (χ0v) is 25.4. The molecule has 0 atom stereocenters. The summed E-state index contributed by atoms with van der Waals surface area (Å²) in [7, 11) is 0. The van der Waals surface area contributed by atoms with Crippen molar-refractivity contribution >= 4 is 54.9 Å². The van der Waals surface area contributed by atoms with Crippen LogP contribution in [-0.4, -0.2) is 4.57 Å². The maximum atomic E-state index is 6.61. The molecule has 3 nitrogen and oxygen atoms in total. The molecule has 0 amide bonds. The topological polar surface area (TPSA) is 31.2 Å². The van der Waals surface area contributed by atoms with E-state index in [9.17, 15) is 0 Å². The summed E-state index contributed by atoms with van der Waals surface area (Å²) in [5, 5.41) is 4.44. The number of hydrogen-bond donors (Lipinski definition) is 0. The number of hydrogen-bond acceptors (Lipinski definition) is 2. The highest BCUT2D eigenvalue weighted by Crippen LogP contribution is 2.44. The maximum absolute atomic E-state index is 6.61. The Morgan fingerprint density at radius 2 is 1.04 bits per heavy atom. The highest BCUT2D eigenvalue weighted by atomic mass is 16.3. The van der Waals surface area contributed by atoms with Crippen LogP contribution in [0.1, 0.15) is 0 Å². The fourth-order valence-electron chi connectivity index (χ4n) is 7.37. The van der Waals surface area contributed by atoms with Gasteiger partial charge in [-0.2, -0.15) is 0 Å². The SMILES string of the molecule is c1ccc(-c2cccc3c2oc2cccc(-c4ccccc4-c4ccc5oc6c7ccccc7n(-c7ccccc7)c6c5c4)c23)cc1. The number of furan rings is 2. The first-order chi connectivity index (χ1) is 23.3. The lowest BCUT2D eigenvalue weighted by atomic mass is 9.91. The van der Waals surface area contributed by atoms with Crippen molar-refractivity contribution in [2.45, 2.75) is 0 Å². The molecule has 0 fully saturated rings. The number of benzene rings is 7. The minimum Gasteiger partial charge on any atom is -0.455 e. The second-order valence-corrected chi connectivity index (χ2v) is 12.1. The number of rotatable bonds is 4. The molecule has 10 aromatic rings. The van der Waals surface area contributed by atoms with Gasteiger partial charge in [-0.3, -0.25) is 0 Å². The average molecular weight is 602 g/mol. The molecule has 10 rings (SSSR count). The Balaban J connectivity index is 1.21. The van der Waals surface area contributed by atoms with E-state index in [1.165, 1.54) is 0 Å². The van der Waals surface area contributed by atoms with Gasteiger partial charge in [0.1, 0.15) is 22.3 Å². The Labute approximate surface area is 270 Å². The van der Waals surface area contributed by atoms with Crippen LogP contribution in [-0.2, 0) is 0 Å². The summed E-state index contributed by atoms with van der Waals surface area (Å²) in [6.45, 7) is 0. The van der Waals surface area contributed by atoms with Crippen molar-refractivity contribution in [2.75, 3.05) is 0 Å². The quantitative estimate of drug-likeness (QED) is 0.201. The third kappa shape index (κ3) is 3.87. The second kappa shape index (κ2) is 10.1. The van der Waals surface area contributed by atoms with Crippen LogP contribution >= 0.6 is 0 Å². The van der Waals surface area contributed by atoms with Gasteiger partial charge in [0.2, 0.25) is 0 Å². The van der Waals surface area contributed by atoms with Crippen molar-refractivity contribution in [3.05, 3.63) is 164 Å². The highest BCUT2D eigenvalue weighted by molar-refractivity contribution is 6.18. The van der Waals surface area contributed by atoms with Crippen LogP contribution in [0.25, 0.3) is 94.0 Å². The lowest BCUT2D eigenvalue weighted by molar-refractivity contribution is 0.670. The van der Waals surface area contributed by atoms with Crippen LogP contribution < -0.4 is 0 Å². The van der Waals surface area contributed by atoms with Crippen LogP contribution in [0.15, 0.2) is 173 Å². The number of aromatic nitrogens is 1. The fourth-order valence-corrected chi connectivity index (χ4v) is 7.37. The molecule has 0 unspecified atom stereocenters. The molecular weight excluding hydrogens is 574 g/mol. The van der Waals surface area contributed by atoms with Crippen molar-refractivity contribution in [2.24, 2.45) is 0 Å². The van der Waals surface area contributed by atoms with E-state index in [-0.39, 0.29) is 0 Å². The lowest BCUT2D eigenvalue weighted by Gasteiger charge is -2.12. The first-order valence-corrected chi connectivity index (χ1v) is 15.9. The lowest BCUT2D eigenvalue weighted by Crippen LogP contribution is -1.93. The van der Waals surface area contributed by atoms with E-state index < -0.39 is 0 Å². The van der Waals surface area contributed by atoms with E-state index in [2.05, 4.69) is 162 Å². The van der Waals surface area contributed by atoms with Gasteiger partial charge in [0, 0.05) is 32.8 Å². The van der Waals surface area contributed by atoms with Crippen LogP contribution in [0.3, 0.4) is 0 Å². The minimum absolute atomic E-state index is 0.878. The maximum Gasteiger partial charge on any atom is 0.161 e. The van der Waals surface area contributed by atoms with Crippen molar-refractivity contribution < 1.29 is 8.83 Å². The van der Waals surface area contributed by atoms with E-state index in [1.807, 2.05) is 6.07 Å². The summed E-state index contributed by atoms with van der Waals surface area (Å²) >= 11 is 0. The molecule has 3 heteroatoms. The van der Waals surface area contributed by atoms with Gasteiger partial charge in [-0.15, -0.1) is 0 Å². The van der Waals surface area contributed by atoms with Gasteiger partial charge in [0.25, 0.3) is 0 Å². The van der Waals surface area contributed by atoms with Gasteiger partial charge >= 0.3 is 0 Å². The monoisotopic (exact) mass is 601 g/mol. The molecule has 3 heterocycles. The standard InChI is InChI=1S/C44H27NO2/c1-3-13-28(14-4-1)32-20-11-22-36-41-34(21-12-24-40(41)47-43(32)36)33-18-8-7-17-31(33)29-25-26-39-37(27-29)42-44(46-39)35-19-9-10-23-38(35)45(42)30-15-5-2-6-16-30/h1-27H. The number of fused-ring (bicyclic) bond motifs is 8. The summed E-state index contributed by atoms with van der Waals surface area (Å²) in [6, 6.07) is 57.6. The molecule has 0 bridgehead atoms. The number of para-hydroxylation sites is 3. The molecule has 0 saturated carbocycles. The first kappa shape index (κ1) is 26.0. The Kier molecular flexibility index (Phi) is 5.57. The minimum atomic E-state index is 0.878. The van der Waals surface area contributed by atoms with Gasteiger partial charge in [-0.25, -0.2) is 0 Å². The van der Waals surface area contributed by atoms with E-state index >= 15 is 0 Å². The van der Waals surface area contributed by atoms with E-state index in [1.54, 1.807) is 0 Å². The molecule has 3 aromatic heterocycles. The molecule has 7 aromatic carbocycles. The molecule has 0 aliphatic rings. The highest BCUT2D eigenvalue weighted by Gasteiger charge is 2.21. The Morgan fingerprint density at radius 3 is 1.91 bits per heavy atom. The first-order valence-electron chi connectivity index (χ1n) is 15.9. The Hall–Kier alpha value is -6.32. The van der Waals surface area contributed by atoms with Crippen molar-refractivity contribution in [3.63, 3.8) is 0 Å². The van der Waals surface area contributed by atoms with Crippen molar-refractivity contribution in [1.82, 2.24) is 4.57 Å². The fraction of sp³-hybridized carbons (Fsp3) is 0. The van der Waals surface area contributed by atoms with E-state index in [4.69, 9.17) is 8.83 Å². The average Bonchev–Trinajstić information content (AvgIpc) is 3.81. The summed E-state index contributed by atoms with van der Waals surface area (Å²) < 4.78 is 15.5. The van der Waals surface area contributed by atoms with Crippen LogP contribution in [0.4, 0.5) is 0 Å². The molecule has 47 heavy (non-hydrogen) atoms. The zero-order valence-electron chi connectivity index (χ0n) is 25.4. The van der Waals surface area contributed by atoms with Crippen molar-refractivity contribution in [3.8, 4) is 39.1 Å². The van der Waals surface area contributed by atoms with Crippen LogP contribution in [0, 0.1) is 0 Å². The predicted molar refractivity (Wildman–Crippen MR) is 194 cm³/mol. The normalized spacial score (nSPS) is 11.8. The molecular formula is C44H27NO2. The molecule has 0 N–H and O–H groups in total. The molecule has 0 aliphatic carbocycles. The van der Waals surface area contributed by atoms with Gasteiger partial charge in [-0.05, 0) is 70.3 Å². The smallest absolute Gasteiger partial charge is 0.161 e. The van der Waals surface area contributed by atoms with Gasteiger partial charge < -0.3 is 13.4 Å². The van der Waals surface area contributed by atoms with Crippen LogP contribution in [0.2, 0.25) is 0 Å². The summed E-state index contributed by atoms with van der Waals surface area (Å²) in [4.78, 5) is 0. The van der Waals surface area contributed by atoms with Gasteiger partial charge in [-0.1, -0.05) is 121 Å². The molecule has 0 saturated heterocycles. The third-order valence-corrected chi connectivity index (χ3v) is 9.43. The predicted octanol–water partition coefficient (Wildman–Crippen LogP) is 12.4.